The van der Waals surface area contributed by atoms with Gasteiger partial charge in [-0.1, -0.05) is 37.3 Å². The molecule has 2 fully saturated rings. The molecule has 0 aromatic heterocycles. The van der Waals surface area contributed by atoms with E-state index in [4.69, 9.17) is 0 Å². The molecular formula is C16H20N2O2. The van der Waals surface area contributed by atoms with E-state index in [0.717, 1.165) is 12.1 Å². The molecular weight excluding hydrogens is 252 g/mol. The molecule has 1 aromatic rings. The minimum Gasteiger partial charge on any atom is -0.340 e. The van der Waals surface area contributed by atoms with E-state index in [9.17, 15) is 9.59 Å². The summed E-state index contributed by atoms with van der Waals surface area (Å²) in [6, 6.07) is 8.97. The van der Waals surface area contributed by atoms with E-state index >= 15 is 0 Å². The Kier molecular flexibility index (Phi) is 3.47. The van der Waals surface area contributed by atoms with Crippen molar-refractivity contribution in [3.05, 3.63) is 35.9 Å². The maximum Gasteiger partial charge on any atom is 0.249 e. The molecule has 1 aromatic carbocycles. The maximum atomic E-state index is 12.7. The van der Waals surface area contributed by atoms with Crippen LogP contribution in [-0.2, 0) is 9.59 Å². The van der Waals surface area contributed by atoms with E-state index in [1.54, 1.807) is 0 Å². The van der Waals surface area contributed by atoms with Crippen LogP contribution in [0.2, 0.25) is 0 Å². The van der Waals surface area contributed by atoms with Gasteiger partial charge in [-0.2, -0.15) is 0 Å². The van der Waals surface area contributed by atoms with Gasteiger partial charge in [-0.25, -0.2) is 0 Å². The average molecular weight is 272 g/mol. The average Bonchev–Trinajstić information content (AvgIpc) is 3.18. The molecule has 3 unspecified atom stereocenters. The molecule has 3 atom stereocenters. The van der Waals surface area contributed by atoms with E-state index in [1.807, 2.05) is 35.2 Å². The number of carbonyl (C=O) groups excluding carboxylic acids is 2. The van der Waals surface area contributed by atoms with E-state index in [1.165, 1.54) is 6.42 Å². The molecule has 4 nitrogen and oxygen atoms in total. The summed E-state index contributed by atoms with van der Waals surface area (Å²) in [5, 5.41) is 2.85. The van der Waals surface area contributed by atoms with Gasteiger partial charge in [0.2, 0.25) is 11.8 Å². The first-order valence-electron chi connectivity index (χ1n) is 7.28. The third-order valence-electron chi connectivity index (χ3n) is 4.34. The summed E-state index contributed by atoms with van der Waals surface area (Å²) >= 11 is 0. The largest absolute Gasteiger partial charge is 0.340 e. The smallest absolute Gasteiger partial charge is 0.249 e. The minimum absolute atomic E-state index is 0.0288. The lowest BCUT2D eigenvalue weighted by Gasteiger charge is -2.24. The second kappa shape index (κ2) is 5.27. The van der Waals surface area contributed by atoms with Crippen LogP contribution >= 0.6 is 0 Å². The van der Waals surface area contributed by atoms with Gasteiger partial charge in [0.1, 0.15) is 6.04 Å². The van der Waals surface area contributed by atoms with Crippen molar-refractivity contribution in [1.29, 1.82) is 0 Å². The van der Waals surface area contributed by atoms with E-state index in [2.05, 4.69) is 12.2 Å². The second-order valence-electron chi connectivity index (χ2n) is 5.92. The van der Waals surface area contributed by atoms with Crippen molar-refractivity contribution in [2.75, 3.05) is 13.1 Å². The minimum atomic E-state index is -0.528. The quantitative estimate of drug-likeness (QED) is 0.911. The standard InChI is InChI=1S/C16H20N2O2/c1-11-9-13(11)10-18-8-7-14(19)17-15(16(18)20)12-5-3-2-4-6-12/h2-6,11,13,15H,7-10H2,1H3,(H,17,19). The van der Waals surface area contributed by atoms with Crippen LogP contribution < -0.4 is 5.32 Å². The second-order valence-corrected chi connectivity index (χ2v) is 5.92. The SMILES string of the molecule is CC1CC1CN1CCC(=O)NC(c2ccccc2)C1=O. The number of amides is 2. The molecule has 1 aliphatic carbocycles. The zero-order valence-corrected chi connectivity index (χ0v) is 11.7. The molecule has 1 saturated carbocycles. The molecule has 2 aliphatic rings. The van der Waals surface area contributed by atoms with Crippen LogP contribution in [-0.4, -0.2) is 29.8 Å². The van der Waals surface area contributed by atoms with Gasteiger partial charge in [0.25, 0.3) is 0 Å². The number of benzene rings is 1. The van der Waals surface area contributed by atoms with Crippen LogP contribution in [0.5, 0.6) is 0 Å². The first kappa shape index (κ1) is 13.2. The highest BCUT2D eigenvalue weighted by Gasteiger charge is 2.38. The number of nitrogens with zero attached hydrogens (tertiary/aromatic N) is 1. The molecule has 1 saturated heterocycles. The zero-order valence-electron chi connectivity index (χ0n) is 11.7. The highest BCUT2D eigenvalue weighted by molar-refractivity contribution is 5.90. The molecule has 0 spiro atoms. The van der Waals surface area contributed by atoms with Gasteiger partial charge in [-0.3, -0.25) is 9.59 Å². The Balaban J connectivity index is 1.80. The van der Waals surface area contributed by atoms with Crippen LogP contribution in [0.3, 0.4) is 0 Å². The monoisotopic (exact) mass is 272 g/mol. The van der Waals surface area contributed by atoms with Crippen molar-refractivity contribution >= 4 is 11.8 Å². The van der Waals surface area contributed by atoms with Crippen LogP contribution in [0.1, 0.15) is 31.4 Å². The topological polar surface area (TPSA) is 49.4 Å². The lowest BCUT2D eigenvalue weighted by molar-refractivity contribution is -0.134. The number of rotatable bonds is 3. The summed E-state index contributed by atoms with van der Waals surface area (Å²) in [5.74, 6) is 1.31. The van der Waals surface area contributed by atoms with Crippen molar-refractivity contribution in [3.8, 4) is 0 Å². The molecule has 1 N–H and O–H groups in total. The molecule has 2 amide bonds. The fourth-order valence-electron chi connectivity index (χ4n) is 2.81. The number of hydrogen-bond acceptors (Lipinski definition) is 2. The van der Waals surface area contributed by atoms with Crippen molar-refractivity contribution in [3.63, 3.8) is 0 Å². The first-order chi connectivity index (χ1) is 9.65. The van der Waals surface area contributed by atoms with Crippen molar-refractivity contribution in [2.45, 2.75) is 25.8 Å². The molecule has 3 rings (SSSR count). The third kappa shape index (κ3) is 2.69. The van der Waals surface area contributed by atoms with Gasteiger partial charge in [0.05, 0.1) is 0 Å². The van der Waals surface area contributed by atoms with Gasteiger partial charge >= 0.3 is 0 Å². The highest BCUT2D eigenvalue weighted by Crippen LogP contribution is 2.38. The molecule has 1 heterocycles. The summed E-state index contributed by atoms with van der Waals surface area (Å²) in [5.41, 5.74) is 0.863. The van der Waals surface area contributed by atoms with Gasteiger partial charge in [0.15, 0.2) is 0 Å². The molecule has 4 heteroatoms. The van der Waals surface area contributed by atoms with Gasteiger partial charge in [-0.15, -0.1) is 0 Å². The molecule has 1 aliphatic heterocycles. The van der Waals surface area contributed by atoms with E-state index in [-0.39, 0.29) is 11.8 Å². The maximum absolute atomic E-state index is 12.7. The number of carbonyl (C=O) groups is 2. The zero-order chi connectivity index (χ0) is 14.1. The molecule has 20 heavy (non-hydrogen) atoms. The predicted molar refractivity (Wildman–Crippen MR) is 75.8 cm³/mol. The molecule has 106 valence electrons. The fourth-order valence-corrected chi connectivity index (χ4v) is 2.81. The van der Waals surface area contributed by atoms with Gasteiger partial charge < -0.3 is 10.2 Å². The summed E-state index contributed by atoms with van der Waals surface area (Å²) in [4.78, 5) is 26.4. The summed E-state index contributed by atoms with van der Waals surface area (Å²) in [7, 11) is 0. The van der Waals surface area contributed by atoms with Gasteiger partial charge in [0, 0.05) is 19.5 Å². The predicted octanol–water partition coefficient (Wildman–Crippen LogP) is 1.73. The van der Waals surface area contributed by atoms with Crippen molar-refractivity contribution in [1.82, 2.24) is 10.2 Å². The van der Waals surface area contributed by atoms with Crippen LogP contribution in [0.25, 0.3) is 0 Å². The Morgan fingerprint density at radius 2 is 1.95 bits per heavy atom. The highest BCUT2D eigenvalue weighted by atomic mass is 16.2. The van der Waals surface area contributed by atoms with E-state index in [0.29, 0.717) is 24.8 Å². The normalized spacial score (nSPS) is 29.9. The van der Waals surface area contributed by atoms with Crippen LogP contribution in [0.15, 0.2) is 30.3 Å². The van der Waals surface area contributed by atoms with Crippen molar-refractivity contribution < 1.29 is 9.59 Å². The first-order valence-corrected chi connectivity index (χ1v) is 7.28. The van der Waals surface area contributed by atoms with E-state index < -0.39 is 6.04 Å². The number of hydrogen-bond donors (Lipinski definition) is 1. The lowest BCUT2D eigenvalue weighted by Crippen LogP contribution is -2.39. The third-order valence-corrected chi connectivity index (χ3v) is 4.34. The fraction of sp³-hybridized carbons (Fsp3) is 0.500. The molecule has 0 radical (unpaired) electrons. The Labute approximate surface area is 119 Å². The molecule has 0 bridgehead atoms. The van der Waals surface area contributed by atoms with Crippen LogP contribution in [0.4, 0.5) is 0 Å². The Hall–Kier alpha value is -1.84. The van der Waals surface area contributed by atoms with Crippen LogP contribution in [0, 0.1) is 11.8 Å². The summed E-state index contributed by atoms with van der Waals surface area (Å²) < 4.78 is 0. The summed E-state index contributed by atoms with van der Waals surface area (Å²) in [6.45, 7) is 3.54. The Bertz CT molecular complexity index is 514. The van der Waals surface area contributed by atoms with Gasteiger partial charge in [-0.05, 0) is 23.8 Å². The number of nitrogens with one attached hydrogen (secondary N) is 1. The Morgan fingerprint density at radius 3 is 2.60 bits per heavy atom. The lowest BCUT2D eigenvalue weighted by atomic mass is 10.1. The summed E-state index contributed by atoms with van der Waals surface area (Å²) in [6.07, 6.45) is 1.59. The van der Waals surface area contributed by atoms with Crippen molar-refractivity contribution in [2.24, 2.45) is 11.8 Å². The Morgan fingerprint density at radius 1 is 1.25 bits per heavy atom.